The third-order valence-electron chi connectivity index (χ3n) is 3.53. The van der Waals surface area contributed by atoms with Crippen LogP contribution in [0.15, 0.2) is 0 Å². The number of unbranched alkanes of at least 4 members (excludes halogenated alkanes) is 1. The molecule has 0 aromatic heterocycles. The van der Waals surface area contributed by atoms with Crippen LogP contribution in [0.25, 0.3) is 0 Å². The highest BCUT2D eigenvalue weighted by atomic mass is 32.1. The summed E-state index contributed by atoms with van der Waals surface area (Å²) in [6.07, 6.45) is 9.74. The van der Waals surface area contributed by atoms with Gasteiger partial charge in [-0.2, -0.15) is 12.6 Å². The zero-order valence-corrected chi connectivity index (χ0v) is 11.1. The Morgan fingerprint density at radius 2 is 1.87 bits per heavy atom. The summed E-state index contributed by atoms with van der Waals surface area (Å²) < 4.78 is 0. The SMILES string of the molecule is CCCCC(CS)CCN1CCCCC1. The van der Waals surface area contributed by atoms with Crippen molar-refractivity contribution in [3.8, 4) is 0 Å². The number of nitrogens with zero attached hydrogens (tertiary/aromatic N) is 1. The van der Waals surface area contributed by atoms with Gasteiger partial charge >= 0.3 is 0 Å². The number of rotatable bonds is 7. The van der Waals surface area contributed by atoms with Crippen LogP contribution in [0.3, 0.4) is 0 Å². The van der Waals surface area contributed by atoms with Gasteiger partial charge in [0.25, 0.3) is 0 Å². The summed E-state index contributed by atoms with van der Waals surface area (Å²) in [5, 5.41) is 0. The molecule has 15 heavy (non-hydrogen) atoms. The third kappa shape index (κ3) is 5.82. The summed E-state index contributed by atoms with van der Waals surface area (Å²) in [5.74, 6) is 1.93. The Morgan fingerprint density at radius 1 is 1.13 bits per heavy atom. The number of hydrogen-bond donors (Lipinski definition) is 1. The van der Waals surface area contributed by atoms with Crippen LogP contribution in [0.1, 0.15) is 51.9 Å². The van der Waals surface area contributed by atoms with E-state index in [1.165, 1.54) is 64.6 Å². The number of piperidine rings is 1. The van der Waals surface area contributed by atoms with Crippen molar-refractivity contribution >= 4 is 12.6 Å². The number of hydrogen-bond acceptors (Lipinski definition) is 2. The lowest BCUT2D eigenvalue weighted by Crippen LogP contribution is -2.31. The highest BCUT2D eigenvalue weighted by molar-refractivity contribution is 7.80. The molecule has 0 N–H and O–H groups in total. The van der Waals surface area contributed by atoms with Crippen molar-refractivity contribution in [3.63, 3.8) is 0 Å². The minimum Gasteiger partial charge on any atom is -0.303 e. The molecule has 0 spiro atoms. The van der Waals surface area contributed by atoms with E-state index in [9.17, 15) is 0 Å². The third-order valence-corrected chi connectivity index (χ3v) is 4.04. The molecule has 1 saturated heterocycles. The van der Waals surface area contributed by atoms with Crippen LogP contribution in [-0.4, -0.2) is 30.3 Å². The summed E-state index contributed by atoms with van der Waals surface area (Å²) in [7, 11) is 0. The molecule has 1 unspecified atom stereocenters. The maximum atomic E-state index is 4.47. The van der Waals surface area contributed by atoms with Gasteiger partial charge in [-0.3, -0.25) is 0 Å². The Balaban J connectivity index is 2.09. The van der Waals surface area contributed by atoms with Gasteiger partial charge in [0.2, 0.25) is 0 Å². The Hall–Kier alpha value is 0.310. The van der Waals surface area contributed by atoms with Crippen LogP contribution < -0.4 is 0 Å². The van der Waals surface area contributed by atoms with Crippen LogP contribution >= 0.6 is 12.6 Å². The van der Waals surface area contributed by atoms with Crippen LogP contribution in [0.4, 0.5) is 0 Å². The Labute approximate surface area is 101 Å². The van der Waals surface area contributed by atoms with Crippen molar-refractivity contribution in [2.24, 2.45) is 5.92 Å². The molecule has 0 aromatic carbocycles. The molecule has 1 rings (SSSR count). The molecule has 1 aliphatic rings. The molecule has 1 aliphatic heterocycles. The lowest BCUT2D eigenvalue weighted by atomic mass is 9.99. The molecule has 0 bridgehead atoms. The van der Waals surface area contributed by atoms with Gasteiger partial charge in [-0.25, -0.2) is 0 Å². The van der Waals surface area contributed by atoms with Gasteiger partial charge in [-0.05, 0) is 57.0 Å². The molecular weight excluding hydrogens is 202 g/mol. The summed E-state index contributed by atoms with van der Waals surface area (Å²) in [6.45, 7) is 6.27. The Morgan fingerprint density at radius 3 is 2.47 bits per heavy atom. The normalized spacial score (nSPS) is 20.4. The van der Waals surface area contributed by atoms with Gasteiger partial charge in [-0.1, -0.05) is 26.2 Å². The van der Waals surface area contributed by atoms with Gasteiger partial charge in [0.05, 0.1) is 0 Å². The van der Waals surface area contributed by atoms with Crippen LogP contribution in [0.5, 0.6) is 0 Å². The van der Waals surface area contributed by atoms with E-state index < -0.39 is 0 Å². The van der Waals surface area contributed by atoms with Gasteiger partial charge in [0, 0.05) is 0 Å². The maximum Gasteiger partial charge on any atom is -0.00158 e. The van der Waals surface area contributed by atoms with Gasteiger partial charge in [0.1, 0.15) is 0 Å². The molecule has 1 atom stereocenters. The fraction of sp³-hybridized carbons (Fsp3) is 1.00. The van der Waals surface area contributed by atoms with Crippen molar-refractivity contribution in [2.75, 3.05) is 25.4 Å². The van der Waals surface area contributed by atoms with Crippen molar-refractivity contribution in [1.29, 1.82) is 0 Å². The van der Waals surface area contributed by atoms with Crippen molar-refractivity contribution in [1.82, 2.24) is 4.90 Å². The lowest BCUT2D eigenvalue weighted by molar-refractivity contribution is 0.213. The van der Waals surface area contributed by atoms with E-state index >= 15 is 0 Å². The fourth-order valence-electron chi connectivity index (χ4n) is 2.37. The first-order valence-corrected chi connectivity index (χ1v) is 7.33. The zero-order chi connectivity index (χ0) is 10.9. The van der Waals surface area contributed by atoms with Crippen LogP contribution in [0, 0.1) is 5.92 Å². The Bertz CT molecular complexity index is 143. The van der Waals surface area contributed by atoms with Gasteiger partial charge in [-0.15, -0.1) is 0 Å². The lowest BCUT2D eigenvalue weighted by Gasteiger charge is -2.28. The summed E-state index contributed by atoms with van der Waals surface area (Å²) in [4.78, 5) is 2.64. The maximum absolute atomic E-state index is 4.47. The molecule has 90 valence electrons. The average Bonchev–Trinajstić information content (AvgIpc) is 2.31. The number of likely N-dealkylation sites (tertiary alicyclic amines) is 1. The standard InChI is InChI=1S/C13H27NS/c1-2-3-7-13(12-15)8-11-14-9-5-4-6-10-14/h13,15H,2-12H2,1H3. The van der Waals surface area contributed by atoms with Crippen molar-refractivity contribution in [2.45, 2.75) is 51.9 Å². The molecule has 0 radical (unpaired) electrons. The topological polar surface area (TPSA) is 3.24 Å². The monoisotopic (exact) mass is 229 g/mol. The molecule has 1 nitrogen and oxygen atoms in total. The first kappa shape index (κ1) is 13.4. The second kappa shape index (κ2) is 8.46. The van der Waals surface area contributed by atoms with Crippen LogP contribution in [0.2, 0.25) is 0 Å². The second-order valence-electron chi connectivity index (χ2n) is 4.88. The highest BCUT2D eigenvalue weighted by Gasteiger charge is 2.12. The molecule has 0 aliphatic carbocycles. The molecule has 0 amide bonds. The molecular formula is C13H27NS. The minimum atomic E-state index is 0.857. The van der Waals surface area contributed by atoms with E-state index in [4.69, 9.17) is 0 Å². The molecule has 1 fully saturated rings. The van der Waals surface area contributed by atoms with Gasteiger partial charge in [0.15, 0.2) is 0 Å². The van der Waals surface area contributed by atoms with Crippen LogP contribution in [-0.2, 0) is 0 Å². The smallest absolute Gasteiger partial charge is 0.00158 e. The fourth-order valence-corrected chi connectivity index (χ4v) is 2.73. The van der Waals surface area contributed by atoms with Crippen molar-refractivity contribution < 1.29 is 0 Å². The van der Waals surface area contributed by atoms with E-state index in [1.807, 2.05) is 0 Å². The van der Waals surface area contributed by atoms with E-state index in [0.717, 1.165) is 11.7 Å². The molecule has 2 heteroatoms. The van der Waals surface area contributed by atoms with E-state index in [-0.39, 0.29) is 0 Å². The van der Waals surface area contributed by atoms with E-state index in [1.54, 1.807) is 0 Å². The quantitative estimate of drug-likeness (QED) is 0.653. The van der Waals surface area contributed by atoms with E-state index in [0.29, 0.717) is 0 Å². The van der Waals surface area contributed by atoms with E-state index in [2.05, 4.69) is 24.5 Å². The minimum absolute atomic E-state index is 0.857. The predicted molar refractivity (Wildman–Crippen MR) is 71.8 cm³/mol. The summed E-state index contributed by atoms with van der Waals surface area (Å²) in [6, 6.07) is 0. The highest BCUT2D eigenvalue weighted by Crippen LogP contribution is 2.17. The molecule has 0 saturated carbocycles. The van der Waals surface area contributed by atoms with Gasteiger partial charge < -0.3 is 4.90 Å². The summed E-state index contributed by atoms with van der Waals surface area (Å²) >= 11 is 4.47. The average molecular weight is 229 g/mol. The largest absolute Gasteiger partial charge is 0.303 e. The first-order chi connectivity index (χ1) is 7.36. The molecule has 1 heterocycles. The van der Waals surface area contributed by atoms with Crippen molar-refractivity contribution in [3.05, 3.63) is 0 Å². The first-order valence-electron chi connectivity index (χ1n) is 6.70. The summed E-state index contributed by atoms with van der Waals surface area (Å²) in [5.41, 5.74) is 0. The molecule has 0 aromatic rings. The second-order valence-corrected chi connectivity index (χ2v) is 5.25. The predicted octanol–water partition coefficient (Wildman–Crippen LogP) is 3.60. The Kier molecular flexibility index (Phi) is 7.54. The number of thiol groups is 1. The zero-order valence-electron chi connectivity index (χ0n) is 10.2.